The molecule has 1 aliphatic rings. The predicted octanol–water partition coefficient (Wildman–Crippen LogP) is 1.38. The topological polar surface area (TPSA) is 20.2 Å². The van der Waals surface area contributed by atoms with Crippen molar-refractivity contribution in [1.82, 2.24) is 0 Å². The molecule has 0 aromatic carbocycles. The molecule has 0 unspecified atom stereocenters. The second-order valence-corrected chi connectivity index (χ2v) is 4.96. The Kier molecular flexibility index (Phi) is 2.12. The van der Waals surface area contributed by atoms with Crippen LogP contribution in [0.5, 0.6) is 0 Å². The van der Waals surface area contributed by atoms with E-state index >= 15 is 0 Å². The maximum Gasteiger partial charge on any atom is 0.0501 e. The summed E-state index contributed by atoms with van der Waals surface area (Å²) < 4.78 is 0. The molecule has 1 heterocycles. The van der Waals surface area contributed by atoms with Gasteiger partial charge in [-0.25, -0.2) is 0 Å². The Bertz CT molecular complexity index is 78.5. The van der Waals surface area contributed by atoms with Crippen molar-refractivity contribution in [1.29, 1.82) is 0 Å². The van der Waals surface area contributed by atoms with Crippen molar-refractivity contribution >= 4 is 21.6 Å². The lowest BCUT2D eigenvalue weighted by molar-refractivity contribution is 0.186. The number of hydrogen-bond acceptors (Lipinski definition) is 3. The van der Waals surface area contributed by atoms with Crippen LogP contribution < -0.4 is 0 Å². The van der Waals surface area contributed by atoms with Crippen molar-refractivity contribution < 1.29 is 5.11 Å². The fourth-order valence-electron chi connectivity index (χ4n) is 0.501. The molecule has 1 nitrogen and oxygen atoms in total. The van der Waals surface area contributed by atoms with E-state index in [1.165, 1.54) is 0 Å². The summed E-state index contributed by atoms with van der Waals surface area (Å²) in [5.41, 5.74) is 0.218. The second-order valence-electron chi connectivity index (χ2n) is 2.49. The van der Waals surface area contributed by atoms with Crippen LogP contribution in [0.4, 0.5) is 0 Å². The molecular formula is C5H10OS2. The third kappa shape index (κ3) is 1.33. The molecule has 1 rings (SSSR count). The standard InChI is InChI=1S/C5H10OS2/c1-5(2-6)3-7-8-4-5/h6H,2-4H2,1H3. The minimum absolute atomic E-state index is 0.218. The van der Waals surface area contributed by atoms with Crippen molar-refractivity contribution in [3.63, 3.8) is 0 Å². The first-order valence-corrected chi connectivity index (χ1v) is 5.11. The average molecular weight is 150 g/mol. The molecule has 0 atom stereocenters. The summed E-state index contributed by atoms with van der Waals surface area (Å²) in [6.45, 7) is 2.47. The van der Waals surface area contributed by atoms with E-state index in [0.717, 1.165) is 11.5 Å². The highest BCUT2D eigenvalue weighted by Crippen LogP contribution is 2.42. The highest BCUT2D eigenvalue weighted by Gasteiger charge is 2.28. The first kappa shape index (κ1) is 6.78. The Balaban J connectivity index is 2.40. The van der Waals surface area contributed by atoms with Crippen LogP contribution in [0.2, 0.25) is 0 Å². The molecule has 0 aliphatic carbocycles. The molecule has 0 radical (unpaired) electrons. The highest BCUT2D eigenvalue weighted by molar-refractivity contribution is 8.77. The SMILES string of the molecule is CC1(CO)CSSC1. The Morgan fingerprint density at radius 3 is 2.25 bits per heavy atom. The van der Waals surface area contributed by atoms with Gasteiger partial charge in [0, 0.05) is 16.9 Å². The summed E-state index contributed by atoms with van der Waals surface area (Å²) in [5, 5.41) is 8.80. The second kappa shape index (κ2) is 2.50. The fraction of sp³-hybridized carbons (Fsp3) is 1.00. The van der Waals surface area contributed by atoms with Gasteiger partial charge in [-0.2, -0.15) is 0 Å². The molecule has 0 aromatic heterocycles. The van der Waals surface area contributed by atoms with Gasteiger partial charge in [0.15, 0.2) is 0 Å². The number of hydrogen-bond donors (Lipinski definition) is 1. The van der Waals surface area contributed by atoms with Crippen molar-refractivity contribution in [2.75, 3.05) is 18.1 Å². The normalized spacial score (nSPS) is 26.2. The van der Waals surface area contributed by atoms with E-state index in [-0.39, 0.29) is 5.41 Å². The number of aliphatic hydroxyl groups excluding tert-OH is 1. The van der Waals surface area contributed by atoms with Crippen LogP contribution in [0.25, 0.3) is 0 Å². The van der Waals surface area contributed by atoms with Gasteiger partial charge < -0.3 is 5.11 Å². The Hall–Kier alpha value is 0.660. The van der Waals surface area contributed by atoms with Gasteiger partial charge in [-0.05, 0) is 0 Å². The van der Waals surface area contributed by atoms with Crippen molar-refractivity contribution in [2.45, 2.75) is 6.92 Å². The smallest absolute Gasteiger partial charge is 0.0501 e. The summed E-state index contributed by atoms with van der Waals surface area (Å²) in [5.74, 6) is 2.21. The zero-order valence-electron chi connectivity index (χ0n) is 4.89. The Labute approximate surface area is 57.6 Å². The first-order chi connectivity index (χ1) is 3.77. The third-order valence-electron chi connectivity index (χ3n) is 1.28. The predicted molar refractivity (Wildman–Crippen MR) is 40.1 cm³/mol. The van der Waals surface area contributed by atoms with Gasteiger partial charge in [0.1, 0.15) is 0 Å². The maximum absolute atomic E-state index is 8.80. The first-order valence-electron chi connectivity index (χ1n) is 2.62. The molecule has 0 spiro atoms. The maximum atomic E-state index is 8.80. The lowest BCUT2D eigenvalue weighted by Crippen LogP contribution is -2.22. The largest absolute Gasteiger partial charge is 0.396 e. The third-order valence-corrected chi connectivity index (χ3v) is 4.28. The molecule has 8 heavy (non-hydrogen) atoms. The molecule has 1 fully saturated rings. The van der Waals surface area contributed by atoms with Crippen molar-refractivity contribution in [3.8, 4) is 0 Å². The number of rotatable bonds is 1. The Morgan fingerprint density at radius 2 is 2.00 bits per heavy atom. The molecule has 1 N–H and O–H groups in total. The van der Waals surface area contributed by atoms with Crippen LogP contribution in [0.3, 0.4) is 0 Å². The van der Waals surface area contributed by atoms with E-state index in [4.69, 9.17) is 5.11 Å². The van der Waals surface area contributed by atoms with E-state index in [0.29, 0.717) is 6.61 Å². The fourth-order valence-corrected chi connectivity index (χ4v) is 3.96. The minimum Gasteiger partial charge on any atom is -0.396 e. The molecule has 1 aliphatic heterocycles. The molecular weight excluding hydrogens is 140 g/mol. The number of aliphatic hydroxyl groups is 1. The molecule has 0 aromatic rings. The van der Waals surface area contributed by atoms with Gasteiger partial charge in [0.2, 0.25) is 0 Å². The monoisotopic (exact) mass is 150 g/mol. The zero-order valence-corrected chi connectivity index (χ0v) is 6.52. The summed E-state index contributed by atoms with van der Waals surface area (Å²) in [6.07, 6.45) is 0. The van der Waals surface area contributed by atoms with Gasteiger partial charge in [0.05, 0.1) is 6.61 Å². The van der Waals surface area contributed by atoms with E-state index in [9.17, 15) is 0 Å². The van der Waals surface area contributed by atoms with Crippen molar-refractivity contribution in [3.05, 3.63) is 0 Å². The van der Waals surface area contributed by atoms with E-state index in [2.05, 4.69) is 6.92 Å². The van der Waals surface area contributed by atoms with Gasteiger partial charge in [-0.3, -0.25) is 0 Å². The van der Waals surface area contributed by atoms with Crippen LogP contribution >= 0.6 is 21.6 Å². The van der Waals surface area contributed by atoms with Crippen LogP contribution in [0.1, 0.15) is 6.92 Å². The van der Waals surface area contributed by atoms with Gasteiger partial charge in [-0.15, -0.1) is 0 Å². The van der Waals surface area contributed by atoms with E-state index in [1.54, 1.807) is 0 Å². The van der Waals surface area contributed by atoms with Gasteiger partial charge in [-0.1, -0.05) is 28.5 Å². The minimum atomic E-state index is 0.218. The van der Waals surface area contributed by atoms with Crippen LogP contribution in [0.15, 0.2) is 0 Å². The summed E-state index contributed by atoms with van der Waals surface area (Å²) in [6, 6.07) is 0. The molecule has 48 valence electrons. The van der Waals surface area contributed by atoms with Gasteiger partial charge >= 0.3 is 0 Å². The van der Waals surface area contributed by atoms with Crippen LogP contribution in [0, 0.1) is 5.41 Å². The molecule has 3 heteroatoms. The zero-order chi connectivity index (χ0) is 6.04. The van der Waals surface area contributed by atoms with E-state index < -0.39 is 0 Å². The highest BCUT2D eigenvalue weighted by atomic mass is 33.1. The summed E-state index contributed by atoms with van der Waals surface area (Å²) in [7, 11) is 3.72. The Morgan fingerprint density at radius 1 is 1.50 bits per heavy atom. The average Bonchev–Trinajstić information content (AvgIpc) is 2.17. The summed E-state index contributed by atoms with van der Waals surface area (Å²) in [4.78, 5) is 0. The van der Waals surface area contributed by atoms with Crippen molar-refractivity contribution in [2.24, 2.45) is 5.41 Å². The molecule has 0 saturated carbocycles. The molecule has 0 bridgehead atoms. The molecule has 1 saturated heterocycles. The van der Waals surface area contributed by atoms with Crippen LogP contribution in [-0.2, 0) is 0 Å². The van der Waals surface area contributed by atoms with E-state index in [1.807, 2.05) is 21.6 Å². The lowest BCUT2D eigenvalue weighted by Gasteiger charge is -2.16. The van der Waals surface area contributed by atoms with Crippen LogP contribution in [-0.4, -0.2) is 23.2 Å². The lowest BCUT2D eigenvalue weighted by atomic mass is 9.98. The summed E-state index contributed by atoms with van der Waals surface area (Å²) >= 11 is 0. The van der Waals surface area contributed by atoms with Gasteiger partial charge in [0.25, 0.3) is 0 Å². The quantitative estimate of drug-likeness (QED) is 0.570. The molecule has 0 amide bonds.